The monoisotopic (exact) mass is 141 g/mol. The summed E-state index contributed by atoms with van der Waals surface area (Å²) in [6, 6.07) is 0.799. The average molecular weight is 141 g/mol. The van der Waals surface area contributed by atoms with Crippen molar-refractivity contribution in [3.05, 3.63) is 0 Å². The summed E-state index contributed by atoms with van der Waals surface area (Å²) in [6.45, 7) is 10.6. The highest BCUT2D eigenvalue weighted by Gasteiger charge is 2.44. The summed E-state index contributed by atoms with van der Waals surface area (Å²) >= 11 is 0. The van der Waals surface area contributed by atoms with E-state index in [1.54, 1.807) is 0 Å². The fourth-order valence-corrected chi connectivity index (χ4v) is 2.73. The third-order valence-electron chi connectivity index (χ3n) is 2.56. The molecule has 0 aromatic heterocycles. The number of hydrogen-bond donors (Lipinski definition) is 0. The second kappa shape index (κ2) is 2.23. The van der Waals surface area contributed by atoms with Crippen molar-refractivity contribution in [2.45, 2.75) is 33.7 Å². The molecule has 1 atom stereocenters. The Balaban J connectivity index is 2.57. The Morgan fingerprint density at radius 3 is 2.00 bits per heavy atom. The molecule has 1 heterocycles. The van der Waals surface area contributed by atoms with Crippen LogP contribution < -0.4 is 0 Å². The molecule has 1 unspecified atom stereocenters. The molecule has 1 fully saturated rings. The van der Waals surface area contributed by atoms with Crippen molar-refractivity contribution in [2.24, 2.45) is 11.3 Å². The Labute approximate surface area is 64.4 Å². The third kappa shape index (κ3) is 1.07. The van der Waals surface area contributed by atoms with E-state index in [9.17, 15) is 0 Å². The Bertz CT molecular complexity index is 122. The van der Waals surface area contributed by atoms with Crippen molar-refractivity contribution in [3.63, 3.8) is 0 Å². The molecular weight excluding hydrogens is 122 g/mol. The molecule has 0 amide bonds. The van der Waals surface area contributed by atoms with Crippen molar-refractivity contribution in [2.75, 3.05) is 13.6 Å². The normalized spacial score (nSPS) is 32.4. The van der Waals surface area contributed by atoms with Gasteiger partial charge in [0.15, 0.2) is 0 Å². The lowest BCUT2D eigenvalue weighted by Gasteiger charge is -2.55. The van der Waals surface area contributed by atoms with Gasteiger partial charge >= 0.3 is 0 Å². The predicted octanol–water partition coefficient (Wildman–Crippen LogP) is 1.98. The summed E-state index contributed by atoms with van der Waals surface area (Å²) in [5, 5.41) is 0. The Hall–Kier alpha value is -0.0400. The van der Waals surface area contributed by atoms with Crippen LogP contribution >= 0.6 is 0 Å². The van der Waals surface area contributed by atoms with Crippen LogP contribution in [0.3, 0.4) is 0 Å². The van der Waals surface area contributed by atoms with Crippen molar-refractivity contribution in [3.8, 4) is 0 Å². The quantitative estimate of drug-likeness (QED) is 0.539. The molecule has 10 heavy (non-hydrogen) atoms. The molecule has 0 aliphatic carbocycles. The number of hydrogen-bond acceptors (Lipinski definition) is 1. The van der Waals surface area contributed by atoms with Crippen LogP contribution in [0, 0.1) is 11.3 Å². The minimum atomic E-state index is 0.558. The molecule has 0 aromatic carbocycles. The highest BCUT2D eigenvalue weighted by Crippen LogP contribution is 2.39. The van der Waals surface area contributed by atoms with E-state index in [0.29, 0.717) is 5.41 Å². The van der Waals surface area contributed by atoms with E-state index in [-0.39, 0.29) is 0 Å². The van der Waals surface area contributed by atoms with E-state index in [0.717, 1.165) is 12.0 Å². The van der Waals surface area contributed by atoms with Crippen LogP contribution in [0.15, 0.2) is 0 Å². The zero-order chi connectivity index (χ0) is 7.94. The zero-order valence-electron chi connectivity index (χ0n) is 7.81. The average Bonchev–Trinajstić information content (AvgIpc) is 1.58. The molecule has 1 aliphatic rings. The van der Waals surface area contributed by atoms with Crippen LogP contribution in [0.25, 0.3) is 0 Å². The van der Waals surface area contributed by atoms with E-state index in [4.69, 9.17) is 0 Å². The van der Waals surface area contributed by atoms with Gasteiger partial charge in [-0.05, 0) is 18.4 Å². The first-order valence-corrected chi connectivity index (χ1v) is 4.15. The van der Waals surface area contributed by atoms with Crippen LogP contribution in [0.4, 0.5) is 0 Å². The highest BCUT2D eigenvalue weighted by molar-refractivity contribution is 4.98. The first kappa shape index (κ1) is 8.06. The topological polar surface area (TPSA) is 3.24 Å². The van der Waals surface area contributed by atoms with Crippen LogP contribution in [0.1, 0.15) is 27.7 Å². The first-order valence-electron chi connectivity index (χ1n) is 4.15. The van der Waals surface area contributed by atoms with Gasteiger partial charge in [0.25, 0.3) is 0 Å². The van der Waals surface area contributed by atoms with Gasteiger partial charge in [-0.3, -0.25) is 0 Å². The van der Waals surface area contributed by atoms with Gasteiger partial charge in [0.1, 0.15) is 0 Å². The summed E-state index contributed by atoms with van der Waals surface area (Å²) in [6.07, 6.45) is 0. The van der Waals surface area contributed by atoms with Gasteiger partial charge in [0, 0.05) is 12.6 Å². The van der Waals surface area contributed by atoms with Crippen LogP contribution in [-0.2, 0) is 0 Å². The Kier molecular flexibility index (Phi) is 1.80. The number of likely N-dealkylation sites (tertiary alicyclic amines) is 1. The van der Waals surface area contributed by atoms with E-state index in [1.807, 2.05) is 0 Å². The standard InChI is InChI=1S/C9H19N/c1-7(2)8-9(3,4)6-10(8)5/h7-8H,6H2,1-5H3. The second-order valence-electron chi connectivity index (χ2n) is 4.59. The molecule has 60 valence electrons. The maximum Gasteiger partial charge on any atom is 0.0179 e. The van der Waals surface area contributed by atoms with E-state index >= 15 is 0 Å². The molecule has 0 spiro atoms. The molecule has 1 aliphatic heterocycles. The van der Waals surface area contributed by atoms with Crippen LogP contribution in [-0.4, -0.2) is 24.5 Å². The smallest absolute Gasteiger partial charge is 0.0179 e. The summed E-state index contributed by atoms with van der Waals surface area (Å²) in [4.78, 5) is 2.45. The minimum Gasteiger partial charge on any atom is -0.302 e. The third-order valence-corrected chi connectivity index (χ3v) is 2.56. The lowest BCUT2D eigenvalue weighted by atomic mass is 9.70. The van der Waals surface area contributed by atoms with Crippen molar-refractivity contribution < 1.29 is 0 Å². The van der Waals surface area contributed by atoms with Crippen LogP contribution in [0.5, 0.6) is 0 Å². The SMILES string of the molecule is CC(C)C1N(C)CC1(C)C. The van der Waals surface area contributed by atoms with Crippen LogP contribution in [0.2, 0.25) is 0 Å². The maximum atomic E-state index is 2.45. The van der Waals surface area contributed by atoms with Gasteiger partial charge < -0.3 is 4.90 Å². The summed E-state index contributed by atoms with van der Waals surface area (Å²) < 4.78 is 0. The van der Waals surface area contributed by atoms with E-state index < -0.39 is 0 Å². The van der Waals surface area contributed by atoms with Gasteiger partial charge in [-0.15, -0.1) is 0 Å². The van der Waals surface area contributed by atoms with Crippen molar-refractivity contribution in [1.82, 2.24) is 4.90 Å². The number of rotatable bonds is 1. The molecule has 1 heteroatoms. The largest absolute Gasteiger partial charge is 0.302 e. The minimum absolute atomic E-state index is 0.558. The molecule has 0 radical (unpaired) electrons. The van der Waals surface area contributed by atoms with Crippen molar-refractivity contribution >= 4 is 0 Å². The van der Waals surface area contributed by atoms with Gasteiger partial charge in [-0.1, -0.05) is 27.7 Å². The zero-order valence-corrected chi connectivity index (χ0v) is 7.81. The van der Waals surface area contributed by atoms with Gasteiger partial charge in [0.05, 0.1) is 0 Å². The van der Waals surface area contributed by atoms with E-state index in [1.165, 1.54) is 6.54 Å². The fourth-order valence-electron chi connectivity index (χ4n) is 2.73. The number of nitrogens with zero attached hydrogens (tertiary/aromatic N) is 1. The molecule has 1 saturated heterocycles. The lowest BCUT2D eigenvalue weighted by molar-refractivity contribution is -0.0553. The maximum absolute atomic E-state index is 2.45. The Morgan fingerprint density at radius 1 is 1.40 bits per heavy atom. The van der Waals surface area contributed by atoms with Gasteiger partial charge in [-0.2, -0.15) is 0 Å². The lowest BCUT2D eigenvalue weighted by Crippen LogP contribution is -2.62. The molecule has 0 aromatic rings. The molecule has 1 rings (SSSR count). The highest BCUT2D eigenvalue weighted by atomic mass is 15.2. The summed E-state index contributed by atoms with van der Waals surface area (Å²) in [5.41, 5.74) is 0.558. The van der Waals surface area contributed by atoms with Gasteiger partial charge in [0.2, 0.25) is 0 Å². The molecule has 1 nitrogen and oxygen atoms in total. The van der Waals surface area contributed by atoms with Crippen molar-refractivity contribution in [1.29, 1.82) is 0 Å². The summed E-state index contributed by atoms with van der Waals surface area (Å²) in [5.74, 6) is 0.800. The first-order chi connectivity index (χ1) is 4.45. The molecule has 0 bridgehead atoms. The predicted molar refractivity (Wildman–Crippen MR) is 45.0 cm³/mol. The molecular formula is C9H19N. The fraction of sp³-hybridized carbons (Fsp3) is 1.00. The summed E-state index contributed by atoms with van der Waals surface area (Å²) in [7, 11) is 2.22. The Morgan fingerprint density at radius 2 is 1.90 bits per heavy atom. The van der Waals surface area contributed by atoms with E-state index in [2.05, 4.69) is 39.6 Å². The van der Waals surface area contributed by atoms with Gasteiger partial charge in [-0.25, -0.2) is 0 Å². The molecule has 0 N–H and O–H groups in total. The molecule has 0 saturated carbocycles. The second-order valence-corrected chi connectivity index (χ2v) is 4.59.